The summed E-state index contributed by atoms with van der Waals surface area (Å²) in [5.41, 5.74) is 7.65. The number of oxazole rings is 1. The Kier molecular flexibility index (Phi) is 2.64. The van der Waals surface area contributed by atoms with Crippen LogP contribution in [0.4, 0.5) is 5.69 Å². The summed E-state index contributed by atoms with van der Waals surface area (Å²) in [5.74, 6) is 0.517. The van der Waals surface area contributed by atoms with Gasteiger partial charge in [0.05, 0.1) is 5.54 Å². The van der Waals surface area contributed by atoms with Gasteiger partial charge in [-0.25, -0.2) is 4.98 Å². The van der Waals surface area contributed by atoms with E-state index in [4.69, 9.17) is 10.2 Å². The van der Waals surface area contributed by atoms with Crippen molar-refractivity contribution < 1.29 is 9.21 Å². The van der Waals surface area contributed by atoms with Crippen molar-refractivity contribution in [2.45, 2.75) is 25.3 Å². The Morgan fingerprint density at radius 1 is 1.37 bits per heavy atom. The number of nitrogens with one attached hydrogen (secondary N) is 1. The van der Waals surface area contributed by atoms with Crippen molar-refractivity contribution in [1.82, 2.24) is 4.98 Å². The van der Waals surface area contributed by atoms with Crippen molar-refractivity contribution in [3.63, 3.8) is 0 Å². The standard InChI is InChI=1S/C14H15N3O2/c1-9-16-12(8-19-9)10-2-4-11(5-3-10)17-13(18)14(15)6-7-14/h2-5,8H,6-7,15H2,1H3,(H,17,18). The number of nitrogens with two attached hydrogens (primary N) is 1. The molecule has 0 radical (unpaired) electrons. The molecule has 1 aromatic heterocycles. The van der Waals surface area contributed by atoms with E-state index in [-0.39, 0.29) is 5.91 Å². The number of aryl methyl sites for hydroxylation is 1. The van der Waals surface area contributed by atoms with E-state index in [1.165, 1.54) is 0 Å². The maximum Gasteiger partial charge on any atom is 0.244 e. The smallest absolute Gasteiger partial charge is 0.244 e. The number of hydrogen-bond acceptors (Lipinski definition) is 4. The summed E-state index contributed by atoms with van der Waals surface area (Å²) in [6.07, 6.45) is 3.13. The number of hydrogen-bond donors (Lipinski definition) is 2. The Bertz CT molecular complexity index is 612. The SMILES string of the molecule is Cc1nc(-c2ccc(NC(=O)C3(N)CC3)cc2)co1. The molecule has 1 aliphatic rings. The lowest BCUT2D eigenvalue weighted by molar-refractivity contribution is -0.118. The van der Waals surface area contributed by atoms with Crippen LogP contribution in [0.1, 0.15) is 18.7 Å². The lowest BCUT2D eigenvalue weighted by Gasteiger charge is -2.10. The number of rotatable bonds is 3. The van der Waals surface area contributed by atoms with Gasteiger partial charge in [0, 0.05) is 18.2 Å². The van der Waals surface area contributed by atoms with Gasteiger partial charge in [-0.15, -0.1) is 0 Å². The molecule has 0 unspecified atom stereocenters. The van der Waals surface area contributed by atoms with Gasteiger partial charge in [0.1, 0.15) is 12.0 Å². The van der Waals surface area contributed by atoms with E-state index in [1.54, 1.807) is 13.2 Å². The Morgan fingerprint density at radius 3 is 2.58 bits per heavy atom. The molecule has 98 valence electrons. The van der Waals surface area contributed by atoms with Gasteiger partial charge >= 0.3 is 0 Å². The van der Waals surface area contributed by atoms with Crippen molar-refractivity contribution in [3.8, 4) is 11.3 Å². The first-order chi connectivity index (χ1) is 9.07. The predicted octanol–water partition coefficient (Wildman–Crippen LogP) is 2.08. The first-order valence-electron chi connectivity index (χ1n) is 6.20. The van der Waals surface area contributed by atoms with Crippen LogP contribution in [0.5, 0.6) is 0 Å². The normalized spacial score (nSPS) is 16.1. The van der Waals surface area contributed by atoms with Gasteiger partial charge in [-0.3, -0.25) is 4.79 Å². The van der Waals surface area contributed by atoms with E-state index in [0.29, 0.717) is 5.89 Å². The maximum atomic E-state index is 11.8. The third kappa shape index (κ3) is 2.37. The minimum Gasteiger partial charge on any atom is -0.449 e. The number of carbonyl (C=O) groups is 1. The number of carbonyl (C=O) groups excluding carboxylic acids is 1. The highest BCUT2D eigenvalue weighted by Gasteiger charge is 2.45. The first kappa shape index (κ1) is 11.9. The second-order valence-electron chi connectivity index (χ2n) is 4.94. The van der Waals surface area contributed by atoms with Crippen LogP contribution in [0.25, 0.3) is 11.3 Å². The minimum absolute atomic E-state index is 0.113. The zero-order valence-electron chi connectivity index (χ0n) is 10.6. The summed E-state index contributed by atoms with van der Waals surface area (Å²) in [6.45, 7) is 1.80. The Balaban J connectivity index is 1.74. The molecule has 19 heavy (non-hydrogen) atoms. The molecule has 1 aromatic carbocycles. The largest absolute Gasteiger partial charge is 0.449 e. The van der Waals surface area contributed by atoms with Gasteiger partial charge in [-0.2, -0.15) is 0 Å². The zero-order chi connectivity index (χ0) is 13.5. The third-order valence-corrected chi connectivity index (χ3v) is 3.30. The molecule has 0 aliphatic heterocycles. The van der Waals surface area contributed by atoms with Crippen LogP contribution < -0.4 is 11.1 Å². The average Bonchev–Trinajstić information content (AvgIpc) is 3.01. The van der Waals surface area contributed by atoms with Crippen LogP contribution in [0.2, 0.25) is 0 Å². The van der Waals surface area contributed by atoms with Gasteiger partial charge in [0.25, 0.3) is 0 Å². The second kappa shape index (κ2) is 4.20. The van der Waals surface area contributed by atoms with Crippen molar-refractivity contribution >= 4 is 11.6 Å². The molecule has 5 nitrogen and oxygen atoms in total. The minimum atomic E-state index is -0.651. The summed E-state index contributed by atoms with van der Waals surface area (Å²) < 4.78 is 5.17. The number of nitrogens with zero attached hydrogens (tertiary/aromatic N) is 1. The van der Waals surface area contributed by atoms with Crippen molar-refractivity contribution in [2.24, 2.45) is 5.73 Å². The Labute approximate surface area is 110 Å². The molecule has 1 aliphatic carbocycles. The summed E-state index contributed by atoms with van der Waals surface area (Å²) in [5, 5.41) is 2.82. The van der Waals surface area contributed by atoms with E-state index in [2.05, 4.69) is 10.3 Å². The van der Waals surface area contributed by atoms with E-state index in [1.807, 2.05) is 24.3 Å². The lowest BCUT2D eigenvalue weighted by atomic mass is 10.1. The van der Waals surface area contributed by atoms with Crippen molar-refractivity contribution in [3.05, 3.63) is 36.4 Å². The molecule has 3 rings (SSSR count). The maximum absolute atomic E-state index is 11.8. The quantitative estimate of drug-likeness (QED) is 0.882. The highest BCUT2D eigenvalue weighted by Crippen LogP contribution is 2.33. The monoisotopic (exact) mass is 257 g/mol. The van der Waals surface area contributed by atoms with E-state index in [0.717, 1.165) is 29.8 Å². The Morgan fingerprint density at radius 2 is 2.05 bits per heavy atom. The van der Waals surface area contributed by atoms with Gasteiger partial charge in [-0.1, -0.05) is 12.1 Å². The van der Waals surface area contributed by atoms with Crippen LogP contribution in [0.3, 0.4) is 0 Å². The molecule has 5 heteroatoms. The molecule has 1 fully saturated rings. The molecular formula is C14H15N3O2. The fourth-order valence-electron chi connectivity index (χ4n) is 1.84. The fourth-order valence-corrected chi connectivity index (χ4v) is 1.84. The molecule has 1 saturated carbocycles. The Hall–Kier alpha value is -2.14. The number of aromatic nitrogens is 1. The van der Waals surface area contributed by atoms with Gasteiger partial charge in [0.15, 0.2) is 5.89 Å². The topological polar surface area (TPSA) is 81.2 Å². The number of anilines is 1. The summed E-state index contributed by atoms with van der Waals surface area (Å²) in [6, 6.07) is 7.46. The molecular weight excluding hydrogens is 242 g/mol. The fraction of sp³-hybridized carbons (Fsp3) is 0.286. The van der Waals surface area contributed by atoms with E-state index < -0.39 is 5.54 Å². The summed E-state index contributed by atoms with van der Waals surface area (Å²) in [7, 11) is 0. The third-order valence-electron chi connectivity index (χ3n) is 3.30. The van der Waals surface area contributed by atoms with Crippen LogP contribution in [0, 0.1) is 6.92 Å². The lowest BCUT2D eigenvalue weighted by Crippen LogP contribution is -2.37. The van der Waals surface area contributed by atoms with Crippen LogP contribution in [-0.2, 0) is 4.79 Å². The molecule has 2 aromatic rings. The first-order valence-corrected chi connectivity index (χ1v) is 6.20. The number of benzene rings is 1. The van der Waals surface area contributed by atoms with Gasteiger partial charge in [-0.05, 0) is 25.0 Å². The molecule has 0 saturated heterocycles. The molecule has 1 amide bonds. The number of amides is 1. The summed E-state index contributed by atoms with van der Waals surface area (Å²) >= 11 is 0. The average molecular weight is 257 g/mol. The predicted molar refractivity (Wildman–Crippen MR) is 71.5 cm³/mol. The van der Waals surface area contributed by atoms with Crippen LogP contribution in [-0.4, -0.2) is 16.4 Å². The molecule has 0 bridgehead atoms. The van der Waals surface area contributed by atoms with Crippen molar-refractivity contribution in [1.29, 1.82) is 0 Å². The van der Waals surface area contributed by atoms with E-state index >= 15 is 0 Å². The van der Waals surface area contributed by atoms with Crippen LogP contribution >= 0.6 is 0 Å². The van der Waals surface area contributed by atoms with E-state index in [9.17, 15) is 4.79 Å². The van der Waals surface area contributed by atoms with Gasteiger partial charge in [0.2, 0.25) is 5.91 Å². The molecule has 1 heterocycles. The second-order valence-corrected chi connectivity index (χ2v) is 4.94. The highest BCUT2D eigenvalue weighted by molar-refractivity contribution is 6.00. The zero-order valence-corrected chi connectivity index (χ0v) is 10.6. The summed E-state index contributed by atoms with van der Waals surface area (Å²) in [4.78, 5) is 16.0. The van der Waals surface area contributed by atoms with Crippen LogP contribution in [0.15, 0.2) is 34.9 Å². The molecule has 3 N–H and O–H groups in total. The molecule has 0 atom stereocenters. The highest BCUT2D eigenvalue weighted by atomic mass is 16.3. The van der Waals surface area contributed by atoms with Crippen molar-refractivity contribution in [2.75, 3.05) is 5.32 Å². The van der Waals surface area contributed by atoms with Gasteiger partial charge < -0.3 is 15.5 Å². The molecule has 0 spiro atoms.